The quantitative estimate of drug-likeness (QED) is 0.737. The molecule has 3 unspecified atom stereocenters. The van der Waals surface area contributed by atoms with Crippen molar-refractivity contribution in [2.24, 2.45) is 17.3 Å². The molecule has 18 heavy (non-hydrogen) atoms. The number of halogens is 1. The van der Waals surface area contributed by atoms with Gasteiger partial charge in [0.05, 0.1) is 0 Å². The van der Waals surface area contributed by atoms with Gasteiger partial charge < -0.3 is 0 Å². The monoisotopic (exact) mass is 294 g/mol. The molecule has 0 spiro atoms. The second-order valence-corrected chi connectivity index (χ2v) is 9.74. The summed E-state index contributed by atoms with van der Waals surface area (Å²) in [5, 5.41) is 0.239. The molecule has 0 heterocycles. The minimum Gasteiger partial charge on any atom is -0.229 e. The van der Waals surface area contributed by atoms with E-state index in [4.69, 9.17) is 11.6 Å². The SMILES string of the molecule is CC(C)(C)C1CCC(Cl)C(CCCS(C)(=O)=O)C1. The van der Waals surface area contributed by atoms with Crippen LogP contribution in [0.25, 0.3) is 0 Å². The third-order valence-electron chi connectivity index (χ3n) is 4.20. The zero-order valence-electron chi connectivity index (χ0n) is 12.1. The van der Waals surface area contributed by atoms with Crippen LogP contribution in [0, 0.1) is 17.3 Å². The zero-order valence-corrected chi connectivity index (χ0v) is 13.6. The summed E-state index contributed by atoms with van der Waals surface area (Å²) < 4.78 is 22.3. The Morgan fingerprint density at radius 2 is 1.83 bits per heavy atom. The summed E-state index contributed by atoms with van der Waals surface area (Å²) in [6, 6.07) is 0. The van der Waals surface area contributed by atoms with Gasteiger partial charge in [-0.2, -0.15) is 0 Å². The molecule has 0 radical (unpaired) electrons. The molecule has 2 nitrogen and oxygen atoms in total. The molecule has 0 amide bonds. The minimum absolute atomic E-state index is 0.239. The largest absolute Gasteiger partial charge is 0.229 e. The minimum atomic E-state index is -2.83. The molecule has 0 saturated heterocycles. The van der Waals surface area contributed by atoms with Crippen molar-refractivity contribution in [2.75, 3.05) is 12.0 Å². The first-order valence-electron chi connectivity index (χ1n) is 6.91. The molecule has 4 heteroatoms. The molecule has 3 atom stereocenters. The third-order valence-corrected chi connectivity index (χ3v) is 5.81. The Balaban J connectivity index is 2.48. The summed E-state index contributed by atoms with van der Waals surface area (Å²) in [6.45, 7) is 6.87. The molecule has 1 fully saturated rings. The third kappa shape index (κ3) is 5.48. The van der Waals surface area contributed by atoms with Crippen LogP contribution in [0.3, 0.4) is 0 Å². The lowest BCUT2D eigenvalue weighted by Gasteiger charge is -2.40. The number of rotatable bonds is 4. The summed E-state index contributed by atoms with van der Waals surface area (Å²) in [5.74, 6) is 1.51. The second kappa shape index (κ2) is 6.13. The van der Waals surface area contributed by atoms with Gasteiger partial charge in [0.15, 0.2) is 0 Å². The van der Waals surface area contributed by atoms with Gasteiger partial charge in [0.25, 0.3) is 0 Å². The highest BCUT2D eigenvalue weighted by molar-refractivity contribution is 7.90. The second-order valence-electron chi connectivity index (χ2n) is 6.92. The lowest BCUT2D eigenvalue weighted by Crippen LogP contribution is -2.32. The first-order chi connectivity index (χ1) is 8.09. The number of sulfone groups is 1. The maximum absolute atomic E-state index is 11.1. The van der Waals surface area contributed by atoms with Crippen LogP contribution in [-0.2, 0) is 9.84 Å². The molecular formula is C14H27ClO2S. The van der Waals surface area contributed by atoms with Crippen molar-refractivity contribution >= 4 is 21.4 Å². The molecule has 1 saturated carbocycles. The van der Waals surface area contributed by atoms with Crippen molar-refractivity contribution in [2.45, 2.75) is 58.3 Å². The van der Waals surface area contributed by atoms with E-state index >= 15 is 0 Å². The molecule has 108 valence electrons. The fourth-order valence-corrected chi connectivity index (χ4v) is 3.97. The summed E-state index contributed by atoms with van der Waals surface area (Å²) in [7, 11) is -2.83. The van der Waals surface area contributed by atoms with E-state index in [1.165, 1.54) is 12.7 Å². The Kier molecular flexibility index (Phi) is 5.55. The average molecular weight is 295 g/mol. The predicted octanol–water partition coefficient (Wildman–Crippen LogP) is 3.88. The summed E-state index contributed by atoms with van der Waals surface area (Å²) >= 11 is 6.40. The molecule has 0 bridgehead atoms. The smallest absolute Gasteiger partial charge is 0.147 e. The summed E-state index contributed by atoms with van der Waals surface area (Å²) in [4.78, 5) is 0. The number of hydrogen-bond donors (Lipinski definition) is 0. The van der Waals surface area contributed by atoms with Gasteiger partial charge in [-0.25, -0.2) is 8.42 Å². The molecule has 0 aromatic rings. The van der Waals surface area contributed by atoms with Gasteiger partial charge in [0, 0.05) is 17.4 Å². The number of alkyl halides is 1. The maximum Gasteiger partial charge on any atom is 0.147 e. The van der Waals surface area contributed by atoms with Crippen LogP contribution in [0.1, 0.15) is 52.9 Å². The highest BCUT2D eigenvalue weighted by Gasteiger charge is 2.34. The predicted molar refractivity (Wildman–Crippen MR) is 78.9 cm³/mol. The van der Waals surface area contributed by atoms with E-state index in [1.54, 1.807) is 0 Å². The topological polar surface area (TPSA) is 34.1 Å². The maximum atomic E-state index is 11.1. The molecular weight excluding hydrogens is 268 g/mol. The van der Waals surface area contributed by atoms with Crippen molar-refractivity contribution in [3.8, 4) is 0 Å². The van der Waals surface area contributed by atoms with E-state index in [-0.39, 0.29) is 5.38 Å². The van der Waals surface area contributed by atoms with Crippen molar-refractivity contribution in [3.63, 3.8) is 0 Å². The Hall–Kier alpha value is 0.240. The summed E-state index contributed by atoms with van der Waals surface area (Å²) in [6.07, 6.45) is 6.45. The fourth-order valence-electron chi connectivity index (χ4n) is 2.92. The van der Waals surface area contributed by atoms with Crippen LogP contribution >= 0.6 is 11.6 Å². The fraction of sp³-hybridized carbons (Fsp3) is 1.00. The van der Waals surface area contributed by atoms with Gasteiger partial charge in [-0.05, 0) is 49.4 Å². The molecule has 1 aliphatic rings. The first kappa shape index (κ1) is 16.3. The highest BCUT2D eigenvalue weighted by Crippen LogP contribution is 2.43. The van der Waals surface area contributed by atoms with E-state index < -0.39 is 9.84 Å². The van der Waals surface area contributed by atoms with Crippen molar-refractivity contribution in [1.29, 1.82) is 0 Å². The number of hydrogen-bond acceptors (Lipinski definition) is 2. The van der Waals surface area contributed by atoms with E-state index in [2.05, 4.69) is 20.8 Å². The van der Waals surface area contributed by atoms with Gasteiger partial charge >= 0.3 is 0 Å². The zero-order chi connectivity index (χ0) is 14.0. The van der Waals surface area contributed by atoms with Gasteiger partial charge in [0.1, 0.15) is 9.84 Å². The Bertz CT molecular complexity index is 356. The van der Waals surface area contributed by atoms with E-state index in [0.717, 1.165) is 31.6 Å². The lowest BCUT2D eigenvalue weighted by molar-refractivity contribution is 0.140. The molecule has 0 aromatic heterocycles. The normalized spacial score (nSPS) is 30.4. The van der Waals surface area contributed by atoms with Crippen LogP contribution in [0.2, 0.25) is 0 Å². The van der Waals surface area contributed by atoms with E-state index in [9.17, 15) is 8.42 Å². The van der Waals surface area contributed by atoms with Crippen LogP contribution in [-0.4, -0.2) is 25.8 Å². The van der Waals surface area contributed by atoms with Gasteiger partial charge in [-0.15, -0.1) is 11.6 Å². The average Bonchev–Trinajstić information content (AvgIpc) is 2.17. The Morgan fingerprint density at radius 3 is 2.33 bits per heavy atom. The first-order valence-corrected chi connectivity index (χ1v) is 9.41. The Morgan fingerprint density at radius 1 is 1.22 bits per heavy atom. The van der Waals surface area contributed by atoms with Gasteiger partial charge in [-0.3, -0.25) is 0 Å². The summed E-state index contributed by atoms with van der Waals surface area (Å²) in [5.41, 5.74) is 0.339. The van der Waals surface area contributed by atoms with Crippen molar-refractivity contribution in [1.82, 2.24) is 0 Å². The van der Waals surface area contributed by atoms with Crippen molar-refractivity contribution in [3.05, 3.63) is 0 Å². The van der Waals surface area contributed by atoms with Crippen LogP contribution in [0.5, 0.6) is 0 Å². The standard InChI is InChI=1S/C14H27ClO2S/c1-14(2,3)12-7-8-13(15)11(10-12)6-5-9-18(4,16)17/h11-13H,5-10H2,1-4H3. The molecule has 1 rings (SSSR count). The van der Waals surface area contributed by atoms with Crippen LogP contribution < -0.4 is 0 Å². The van der Waals surface area contributed by atoms with Crippen LogP contribution in [0.15, 0.2) is 0 Å². The van der Waals surface area contributed by atoms with Crippen molar-refractivity contribution < 1.29 is 8.42 Å². The van der Waals surface area contributed by atoms with Crippen LogP contribution in [0.4, 0.5) is 0 Å². The Labute approximate surface area is 117 Å². The molecule has 0 N–H and O–H groups in total. The lowest BCUT2D eigenvalue weighted by atomic mass is 9.68. The molecule has 0 aromatic carbocycles. The van der Waals surface area contributed by atoms with Gasteiger partial charge in [0.2, 0.25) is 0 Å². The molecule has 0 aliphatic heterocycles. The highest BCUT2D eigenvalue weighted by atomic mass is 35.5. The van der Waals surface area contributed by atoms with Gasteiger partial charge in [-0.1, -0.05) is 20.8 Å². The molecule has 1 aliphatic carbocycles. The van der Waals surface area contributed by atoms with E-state index in [1.807, 2.05) is 0 Å². The van der Waals surface area contributed by atoms with E-state index in [0.29, 0.717) is 17.1 Å².